The van der Waals surface area contributed by atoms with Crippen molar-refractivity contribution in [2.24, 2.45) is 0 Å². The van der Waals surface area contributed by atoms with Gasteiger partial charge in [0.25, 0.3) is 0 Å². The van der Waals surface area contributed by atoms with Crippen molar-refractivity contribution >= 4 is 23.2 Å². The van der Waals surface area contributed by atoms with Crippen molar-refractivity contribution in [1.29, 1.82) is 0 Å². The zero-order valence-electron chi connectivity index (χ0n) is 16.0. The first-order chi connectivity index (χ1) is 14.7. The van der Waals surface area contributed by atoms with Crippen LogP contribution in [0.5, 0.6) is 5.75 Å². The van der Waals surface area contributed by atoms with Gasteiger partial charge in [0.2, 0.25) is 6.29 Å². The fraction of sp³-hybridized carbons (Fsp3) is 0.0769. The minimum Gasteiger partial charge on any atom is -0.460 e. The van der Waals surface area contributed by atoms with Crippen LogP contribution in [0.15, 0.2) is 103 Å². The third-order valence-corrected chi connectivity index (χ3v) is 5.92. The molecule has 1 aliphatic heterocycles. The molecular formula is C26H18Cl2O2. The Morgan fingerprint density at radius 2 is 1.27 bits per heavy atom. The van der Waals surface area contributed by atoms with Gasteiger partial charge in [0.05, 0.1) is 5.02 Å². The summed E-state index contributed by atoms with van der Waals surface area (Å²) >= 11 is 12.6. The Balaban J connectivity index is 1.78. The Morgan fingerprint density at radius 1 is 0.667 bits per heavy atom. The van der Waals surface area contributed by atoms with Gasteiger partial charge in [-0.3, -0.25) is 0 Å². The highest BCUT2D eigenvalue weighted by atomic mass is 35.5. The first-order valence-corrected chi connectivity index (χ1v) is 10.4. The lowest BCUT2D eigenvalue weighted by molar-refractivity contribution is -0.167. The molecule has 30 heavy (non-hydrogen) atoms. The summed E-state index contributed by atoms with van der Waals surface area (Å²) in [5, 5.41) is 1.07. The molecular weight excluding hydrogens is 415 g/mol. The van der Waals surface area contributed by atoms with Gasteiger partial charge in [-0.2, -0.15) is 0 Å². The van der Waals surface area contributed by atoms with Crippen LogP contribution >= 0.6 is 23.2 Å². The van der Waals surface area contributed by atoms with Gasteiger partial charge in [-0.1, -0.05) is 102 Å². The molecule has 5 rings (SSSR count). The highest BCUT2D eigenvalue weighted by molar-refractivity contribution is 6.35. The number of fused-ring (bicyclic) bond motifs is 1. The van der Waals surface area contributed by atoms with Gasteiger partial charge in [-0.05, 0) is 35.4 Å². The topological polar surface area (TPSA) is 18.5 Å². The van der Waals surface area contributed by atoms with E-state index < -0.39 is 11.9 Å². The fourth-order valence-corrected chi connectivity index (χ4v) is 4.50. The van der Waals surface area contributed by atoms with E-state index in [-0.39, 0.29) is 0 Å². The standard InChI is InChI=1S/C26H18Cl2O2/c27-20-15-16-21(23(28)17-20)25-29-24-14-8-7-13-22(24)26(30-25,18-9-3-1-4-10-18)19-11-5-2-6-12-19/h1-17,25H. The van der Waals surface area contributed by atoms with Gasteiger partial charge in [0.15, 0.2) is 5.60 Å². The molecule has 0 saturated carbocycles. The van der Waals surface area contributed by atoms with Gasteiger partial charge < -0.3 is 9.47 Å². The molecule has 1 atom stereocenters. The molecule has 0 saturated heterocycles. The fourth-order valence-electron chi connectivity index (χ4n) is 4.00. The van der Waals surface area contributed by atoms with Crippen molar-refractivity contribution in [3.05, 3.63) is 135 Å². The number of hydrogen-bond acceptors (Lipinski definition) is 2. The number of hydrogen-bond donors (Lipinski definition) is 0. The summed E-state index contributed by atoms with van der Waals surface area (Å²) in [5.74, 6) is 0.757. The normalized spacial score (nSPS) is 17.1. The SMILES string of the molecule is Clc1ccc(C2Oc3ccccc3C(c3ccccc3)(c3ccccc3)O2)c(Cl)c1. The lowest BCUT2D eigenvalue weighted by Crippen LogP contribution is -2.39. The van der Waals surface area contributed by atoms with Crippen molar-refractivity contribution in [3.63, 3.8) is 0 Å². The average Bonchev–Trinajstić information content (AvgIpc) is 2.79. The zero-order chi connectivity index (χ0) is 20.6. The third kappa shape index (κ3) is 3.18. The summed E-state index contributed by atoms with van der Waals surface area (Å²) in [6, 6.07) is 33.7. The van der Waals surface area contributed by atoms with Crippen LogP contribution in [-0.4, -0.2) is 0 Å². The number of benzene rings is 4. The van der Waals surface area contributed by atoms with Crippen LogP contribution in [0.2, 0.25) is 10.0 Å². The minimum atomic E-state index is -0.856. The number of para-hydroxylation sites is 1. The van der Waals surface area contributed by atoms with Crippen molar-refractivity contribution in [3.8, 4) is 5.75 Å². The van der Waals surface area contributed by atoms with Gasteiger partial charge >= 0.3 is 0 Å². The summed E-state index contributed by atoms with van der Waals surface area (Å²) < 4.78 is 13.1. The molecule has 1 aliphatic rings. The largest absolute Gasteiger partial charge is 0.460 e. The molecule has 0 aromatic heterocycles. The predicted octanol–water partition coefficient (Wildman–Crippen LogP) is 7.39. The van der Waals surface area contributed by atoms with Gasteiger partial charge in [-0.15, -0.1) is 0 Å². The van der Waals surface area contributed by atoms with Crippen molar-refractivity contribution in [1.82, 2.24) is 0 Å². The summed E-state index contributed by atoms with van der Waals surface area (Å²) in [6.45, 7) is 0. The molecule has 1 heterocycles. The molecule has 1 unspecified atom stereocenters. The monoisotopic (exact) mass is 432 g/mol. The van der Waals surface area contributed by atoms with Gasteiger partial charge in [0, 0.05) is 16.1 Å². The lowest BCUT2D eigenvalue weighted by atomic mass is 9.79. The second-order valence-corrected chi connectivity index (χ2v) is 7.99. The van der Waals surface area contributed by atoms with E-state index >= 15 is 0 Å². The molecule has 0 bridgehead atoms. The zero-order valence-corrected chi connectivity index (χ0v) is 17.5. The highest BCUT2D eigenvalue weighted by Crippen LogP contribution is 2.51. The summed E-state index contributed by atoms with van der Waals surface area (Å²) in [6.07, 6.45) is -0.704. The second kappa shape index (κ2) is 7.81. The maximum Gasteiger partial charge on any atom is 0.229 e. The summed E-state index contributed by atoms with van der Waals surface area (Å²) in [5.41, 5.74) is 2.85. The quantitative estimate of drug-likeness (QED) is 0.335. The number of rotatable bonds is 3. The average molecular weight is 433 g/mol. The molecule has 2 nitrogen and oxygen atoms in total. The van der Waals surface area contributed by atoms with Crippen LogP contribution in [0.25, 0.3) is 0 Å². The van der Waals surface area contributed by atoms with Crippen LogP contribution in [0.4, 0.5) is 0 Å². The molecule has 4 aromatic carbocycles. The van der Waals surface area contributed by atoms with E-state index in [9.17, 15) is 0 Å². The predicted molar refractivity (Wildman–Crippen MR) is 120 cm³/mol. The molecule has 0 radical (unpaired) electrons. The number of halogens is 2. The first-order valence-electron chi connectivity index (χ1n) is 9.68. The molecule has 0 aliphatic carbocycles. The smallest absolute Gasteiger partial charge is 0.229 e. The Morgan fingerprint density at radius 3 is 1.90 bits per heavy atom. The molecule has 4 heteroatoms. The van der Waals surface area contributed by atoms with E-state index in [0.717, 1.165) is 28.0 Å². The Hall–Kier alpha value is -2.78. The van der Waals surface area contributed by atoms with Crippen molar-refractivity contribution < 1.29 is 9.47 Å². The van der Waals surface area contributed by atoms with Gasteiger partial charge in [-0.25, -0.2) is 0 Å². The van der Waals surface area contributed by atoms with Crippen LogP contribution in [0.1, 0.15) is 28.5 Å². The van der Waals surface area contributed by atoms with E-state index in [1.807, 2.05) is 60.7 Å². The maximum absolute atomic E-state index is 6.83. The molecule has 4 aromatic rings. The lowest BCUT2D eigenvalue weighted by Gasteiger charge is -2.43. The van der Waals surface area contributed by atoms with Crippen molar-refractivity contribution in [2.75, 3.05) is 0 Å². The van der Waals surface area contributed by atoms with Crippen molar-refractivity contribution in [2.45, 2.75) is 11.9 Å². The molecule has 0 N–H and O–H groups in total. The van der Waals surface area contributed by atoms with E-state index in [0.29, 0.717) is 10.0 Å². The summed E-state index contributed by atoms with van der Waals surface area (Å²) in [4.78, 5) is 0. The van der Waals surface area contributed by atoms with E-state index in [2.05, 4.69) is 30.3 Å². The molecule has 0 fully saturated rings. The van der Waals surface area contributed by atoms with E-state index in [1.165, 1.54) is 0 Å². The van der Waals surface area contributed by atoms with E-state index in [4.69, 9.17) is 32.7 Å². The maximum atomic E-state index is 6.83. The van der Waals surface area contributed by atoms with Gasteiger partial charge in [0.1, 0.15) is 5.75 Å². The summed E-state index contributed by atoms with van der Waals surface area (Å²) in [7, 11) is 0. The number of ether oxygens (including phenoxy) is 2. The van der Waals surface area contributed by atoms with Crippen LogP contribution in [0, 0.1) is 0 Å². The Labute approximate surface area is 185 Å². The van der Waals surface area contributed by atoms with Crippen LogP contribution < -0.4 is 4.74 Å². The molecule has 0 spiro atoms. The molecule has 0 amide bonds. The van der Waals surface area contributed by atoms with E-state index in [1.54, 1.807) is 12.1 Å². The third-order valence-electron chi connectivity index (χ3n) is 5.36. The highest BCUT2D eigenvalue weighted by Gasteiger charge is 2.46. The van der Waals surface area contributed by atoms with Crippen LogP contribution in [0.3, 0.4) is 0 Å². The Kier molecular flexibility index (Phi) is 5.00. The second-order valence-electron chi connectivity index (χ2n) is 7.14. The Bertz CT molecular complexity index is 1140. The molecule has 148 valence electrons. The first kappa shape index (κ1) is 19.2. The van der Waals surface area contributed by atoms with Crippen LogP contribution in [-0.2, 0) is 10.3 Å². The minimum absolute atomic E-state index is 0.502.